The van der Waals surface area contributed by atoms with Gasteiger partial charge in [0.1, 0.15) is 5.69 Å². The molecule has 2 aromatic heterocycles. The van der Waals surface area contributed by atoms with Crippen LogP contribution in [0.4, 0.5) is 0 Å². The highest BCUT2D eigenvalue weighted by molar-refractivity contribution is 7.11. The number of aromatic nitrogens is 3. The Morgan fingerprint density at radius 3 is 3.14 bits per heavy atom. The zero-order valence-electron chi connectivity index (χ0n) is 7.67. The van der Waals surface area contributed by atoms with Crippen LogP contribution >= 0.6 is 11.3 Å². The topological polar surface area (TPSA) is 47.8 Å². The van der Waals surface area contributed by atoms with E-state index in [-0.39, 0.29) is 5.78 Å². The summed E-state index contributed by atoms with van der Waals surface area (Å²) in [5, 5.41) is 4.05. The predicted octanol–water partition coefficient (Wildman–Crippen LogP) is 1.59. The van der Waals surface area contributed by atoms with Gasteiger partial charge in [-0.2, -0.15) is 5.10 Å². The van der Waals surface area contributed by atoms with Gasteiger partial charge in [-0.1, -0.05) is 0 Å². The van der Waals surface area contributed by atoms with E-state index in [2.05, 4.69) is 10.1 Å². The monoisotopic (exact) mass is 207 g/mol. The van der Waals surface area contributed by atoms with Crippen molar-refractivity contribution in [3.63, 3.8) is 0 Å². The Morgan fingerprint density at radius 2 is 2.50 bits per heavy atom. The Hall–Kier alpha value is -1.49. The normalized spacial score (nSPS) is 10.4. The van der Waals surface area contributed by atoms with Gasteiger partial charge in [-0.3, -0.25) is 14.5 Å². The van der Waals surface area contributed by atoms with Gasteiger partial charge in [-0.15, -0.1) is 11.3 Å². The third-order valence-corrected chi connectivity index (χ3v) is 2.68. The third-order valence-electron chi connectivity index (χ3n) is 1.90. The Labute approximate surface area is 85.2 Å². The van der Waals surface area contributed by atoms with Gasteiger partial charge in [0.05, 0.1) is 10.4 Å². The van der Waals surface area contributed by atoms with E-state index in [9.17, 15) is 4.79 Å². The minimum atomic E-state index is -0.00755. The van der Waals surface area contributed by atoms with Crippen LogP contribution in [0.1, 0.15) is 22.3 Å². The molecule has 0 fully saturated rings. The summed E-state index contributed by atoms with van der Waals surface area (Å²) in [7, 11) is 0. The van der Waals surface area contributed by atoms with Gasteiger partial charge in [0.2, 0.25) is 5.78 Å². The number of carbonyl (C=O) groups excluding carboxylic acids is 1. The summed E-state index contributed by atoms with van der Waals surface area (Å²) in [5.74, 6) is -0.00755. The average molecular weight is 207 g/mol. The van der Waals surface area contributed by atoms with Crippen molar-refractivity contribution in [2.75, 3.05) is 0 Å². The summed E-state index contributed by atoms with van der Waals surface area (Å²) >= 11 is 1.35. The lowest BCUT2D eigenvalue weighted by atomic mass is 10.2. The molecule has 0 bridgehead atoms. The summed E-state index contributed by atoms with van der Waals surface area (Å²) in [5.41, 5.74) is 2.27. The van der Waals surface area contributed by atoms with E-state index >= 15 is 0 Å². The molecule has 0 unspecified atom stereocenters. The molecule has 0 saturated heterocycles. The molecule has 4 nitrogen and oxygen atoms in total. The van der Waals surface area contributed by atoms with Crippen LogP contribution in [-0.4, -0.2) is 20.5 Å². The number of rotatable bonds is 3. The van der Waals surface area contributed by atoms with Gasteiger partial charge >= 0.3 is 0 Å². The van der Waals surface area contributed by atoms with Crippen molar-refractivity contribution in [3.05, 3.63) is 34.5 Å². The van der Waals surface area contributed by atoms with Crippen LogP contribution in [0.3, 0.4) is 0 Å². The van der Waals surface area contributed by atoms with Crippen LogP contribution in [0, 0.1) is 0 Å². The maximum Gasteiger partial charge on any atom is 0.222 e. The molecular weight excluding hydrogens is 198 g/mol. The lowest BCUT2D eigenvalue weighted by molar-refractivity contribution is 0.103. The van der Waals surface area contributed by atoms with Crippen molar-refractivity contribution in [1.29, 1.82) is 0 Å². The molecule has 0 atom stereocenters. The number of carbonyl (C=O) groups is 1. The molecule has 2 aromatic rings. The smallest absolute Gasteiger partial charge is 0.222 e. The molecule has 2 rings (SSSR count). The quantitative estimate of drug-likeness (QED) is 0.718. The minimum absolute atomic E-state index is 0.00755. The van der Waals surface area contributed by atoms with Crippen LogP contribution in [0.2, 0.25) is 0 Å². The molecule has 0 aliphatic carbocycles. The van der Waals surface area contributed by atoms with Crippen LogP contribution in [0.25, 0.3) is 0 Å². The first kappa shape index (κ1) is 9.08. The first-order valence-corrected chi connectivity index (χ1v) is 5.16. The van der Waals surface area contributed by atoms with E-state index in [0.29, 0.717) is 17.1 Å². The van der Waals surface area contributed by atoms with Crippen LogP contribution < -0.4 is 0 Å². The molecule has 0 radical (unpaired) electrons. The van der Waals surface area contributed by atoms with Crippen LogP contribution in [-0.2, 0) is 6.54 Å². The fourth-order valence-electron chi connectivity index (χ4n) is 1.23. The second-order valence-corrected chi connectivity index (χ2v) is 3.61. The van der Waals surface area contributed by atoms with Crippen molar-refractivity contribution >= 4 is 17.1 Å². The summed E-state index contributed by atoms with van der Waals surface area (Å²) in [6.07, 6.45) is 3.22. The molecule has 72 valence electrons. The first-order chi connectivity index (χ1) is 6.83. The highest BCUT2D eigenvalue weighted by Gasteiger charge is 2.14. The Kier molecular flexibility index (Phi) is 2.41. The van der Waals surface area contributed by atoms with E-state index in [4.69, 9.17) is 0 Å². The molecule has 0 amide bonds. The Balaban J connectivity index is 2.36. The molecule has 5 heteroatoms. The SMILES string of the molecule is CCn1nccc1C(=O)c1cncs1. The summed E-state index contributed by atoms with van der Waals surface area (Å²) < 4.78 is 1.68. The maximum atomic E-state index is 11.9. The largest absolute Gasteiger partial charge is 0.286 e. The molecule has 0 spiro atoms. The van der Waals surface area contributed by atoms with Gasteiger partial charge in [0.25, 0.3) is 0 Å². The molecule has 0 aromatic carbocycles. The van der Waals surface area contributed by atoms with E-state index in [0.717, 1.165) is 0 Å². The number of hydrogen-bond acceptors (Lipinski definition) is 4. The highest BCUT2D eigenvalue weighted by Crippen LogP contribution is 2.12. The van der Waals surface area contributed by atoms with Crippen molar-refractivity contribution in [2.45, 2.75) is 13.5 Å². The fraction of sp³-hybridized carbons (Fsp3) is 0.222. The number of nitrogens with zero attached hydrogens (tertiary/aromatic N) is 3. The van der Waals surface area contributed by atoms with Crippen molar-refractivity contribution in [2.24, 2.45) is 0 Å². The Morgan fingerprint density at radius 1 is 1.64 bits per heavy atom. The maximum absolute atomic E-state index is 11.9. The van der Waals surface area contributed by atoms with Crippen molar-refractivity contribution < 1.29 is 4.79 Å². The van der Waals surface area contributed by atoms with Crippen LogP contribution in [0.15, 0.2) is 24.0 Å². The molecule has 14 heavy (non-hydrogen) atoms. The summed E-state index contributed by atoms with van der Waals surface area (Å²) in [6.45, 7) is 2.66. The van der Waals surface area contributed by atoms with Gasteiger partial charge in [-0.25, -0.2) is 0 Å². The van der Waals surface area contributed by atoms with Crippen molar-refractivity contribution in [3.8, 4) is 0 Å². The molecule has 0 saturated carbocycles. The van der Waals surface area contributed by atoms with Gasteiger partial charge in [-0.05, 0) is 13.0 Å². The zero-order chi connectivity index (χ0) is 9.97. The van der Waals surface area contributed by atoms with Crippen LogP contribution in [0.5, 0.6) is 0 Å². The number of aryl methyl sites for hydroxylation is 1. The number of thiazole rings is 1. The molecule has 0 aliphatic rings. The highest BCUT2D eigenvalue weighted by atomic mass is 32.1. The summed E-state index contributed by atoms with van der Waals surface area (Å²) in [6, 6.07) is 1.73. The number of hydrogen-bond donors (Lipinski definition) is 0. The first-order valence-electron chi connectivity index (χ1n) is 4.28. The molecule has 2 heterocycles. The second-order valence-electron chi connectivity index (χ2n) is 2.73. The molecule has 0 aliphatic heterocycles. The van der Waals surface area contributed by atoms with Gasteiger partial charge in [0, 0.05) is 18.9 Å². The van der Waals surface area contributed by atoms with Crippen molar-refractivity contribution in [1.82, 2.24) is 14.8 Å². The lowest BCUT2D eigenvalue weighted by Crippen LogP contribution is -2.09. The van der Waals surface area contributed by atoms with E-state index in [1.165, 1.54) is 11.3 Å². The zero-order valence-corrected chi connectivity index (χ0v) is 8.49. The lowest BCUT2D eigenvalue weighted by Gasteiger charge is -2.00. The minimum Gasteiger partial charge on any atom is -0.286 e. The van der Waals surface area contributed by atoms with E-state index in [1.807, 2.05) is 6.92 Å². The Bertz CT molecular complexity index is 433. The number of ketones is 1. The van der Waals surface area contributed by atoms with E-state index < -0.39 is 0 Å². The van der Waals surface area contributed by atoms with Gasteiger partial charge in [0.15, 0.2) is 0 Å². The molecule has 0 N–H and O–H groups in total. The van der Waals surface area contributed by atoms with Gasteiger partial charge < -0.3 is 0 Å². The standard InChI is InChI=1S/C9H9N3OS/c1-2-12-7(3-4-11-12)9(13)8-5-10-6-14-8/h3-6H,2H2,1H3. The third kappa shape index (κ3) is 1.46. The second kappa shape index (κ2) is 3.71. The summed E-state index contributed by atoms with van der Waals surface area (Å²) in [4.78, 5) is 16.4. The average Bonchev–Trinajstić information content (AvgIpc) is 2.87. The van der Waals surface area contributed by atoms with E-state index in [1.54, 1.807) is 28.7 Å². The fourth-order valence-corrected chi connectivity index (χ4v) is 1.80. The molecular formula is C9H9N3OS. The predicted molar refractivity (Wildman–Crippen MR) is 53.4 cm³/mol.